The summed E-state index contributed by atoms with van der Waals surface area (Å²) >= 11 is 0. The Bertz CT molecular complexity index is 1130. The Kier molecular flexibility index (Phi) is 4.02. The number of rotatable bonds is 4. The molecule has 0 spiro atoms. The molecule has 3 heterocycles. The fourth-order valence-electron chi connectivity index (χ4n) is 2.74. The fraction of sp³-hybridized carbons (Fsp3) is 0.176. The smallest absolute Gasteiger partial charge is 0.352 e. The number of imidazole rings is 1. The lowest BCUT2D eigenvalue weighted by molar-refractivity contribution is -0.144. The third kappa shape index (κ3) is 3.33. The summed E-state index contributed by atoms with van der Waals surface area (Å²) in [6.45, 7) is 0.309. The van der Waals surface area contributed by atoms with E-state index in [4.69, 9.17) is 0 Å². The summed E-state index contributed by atoms with van der Waals surface area (Å²) in [4.78, 5) is 17.9. The van der Waals surface area contributed by atoms with E-state index in [9.17, 15) is 18.0 Å². The van der Waals surface area contributed by atoms with Gasteiger partial charge in [0.2, 0.25) is 5.82 Å². The van der Waals surface area contributed by atoms with Gasteiger partial charge < -0.3 is 10.3 Å². The maximum Gasteiger partial charge on any atom is 0.449 e. The number of carbonyl (C=O) groups excluding carboxylic acids is 1. The molecule has 0 bridgehead atoms. The van der Waals surface area contributed by atoms with Crippen LogP contribution in [0.25, 0.3) is 16.7 Å². The molecule has 0 fully saturated rings. The average molecular weight is 374 g/mol. The van der Waals surface area contributed by atoms with E-state index in [1.54, 1.807) is 0 Å². The highest BCUT2D eigenvalue weighted by molar-refractivity contribution is 5.97. The molecule has 27 heavy (non-hydrogen) atoms. The average Bonchev–Trinajstić information content (AvgIpc) is 3.25. The van der Waals surface area contributed by atoms with E-state index >= 15 is 0 Å². The van der Waals surface area contributed by atoms with Crippen LogP contribution in [0.15, 0.2) is 42.6 Å². The number of aromatic amines is 1. The Balaban J connectivity index is 1.45. The molecule has 0 radical (unpaired) electrons. The first-order valence-corrected chi connectivity index (χ1v) is 8.05. The number of alkyl halides is 3. The zero-order chi connectivity index (χ0) is 19.0. The summed E-state index contributed by atoms with van der Waals surface area (Å²) in [6, 6.07) is 9.69. The molecule has 4 aromatic rings. The summed E-state index contributed by atoms with van der Waals surface area (Å²) in [5.74, 6) is -0.785. The monoisotopic (exact) mass is 374 g/mol. The quantitative estimate of drug-likeness (QED) is 0.575. The molecule has 0 aliphatic rings. The van der Waals surface area contributed by atoms with Crippen molar-refractivity contribution in [3.8, 4) is 0 Å². The standard InChI is InChI=1S/C17H13F3N6O/c18-17(19,20)16-22-11-5-4-10(9-12(11)23-16)15(27)21-7-6-14-25-24-13-3-1-2-8-26(13)14/h1-5,8-9H,6-7H2,(H,21,27)(H,22,23). The molecule has 0 saturated carbocycles. The van der Waals surface area contributed by atoms with E-state index in [0.29, 0.717) is 24.4 Å². The molecule has 4 rings (SSSR count). The van der Waals surface area contributed by atoms with E-state index in [1.807, 2.05) is 28.8 Å². The number of aromatic nitrogens is 5. The molecule has 0 atom stereocenters. The number of benzene rings is 1. The normalized spacial score (nSPS) is 12.0. The van der Waals surface area contributed by atoms with E-state index in [2.05, 4.69) is 25.5 Å². The molecule has 138 valence electrons. The van der Waals surface area contributed by atoms with Gasteiger partial charge in [0, 0.05) is 24.7 Å². The zero-order valence-electron chi connectivity index (χ0n) is 13.8. The number of carbonyl (C=O) groups is 1. The van der Waals surface area contributed by atoms with Crippen molar-refractivity contribution in [2.45, 2.75) is 12.6 Å². The van der Waals surface area contributed by atoms with Crippen LogP contribution in [0.1, 0.15) is 22.0 Å². The summed E-state index contributed by atoms with van der Waals surface area (Å²) in [5.41, 5.74) is 1.25. The van der Waals surface area contributed by atoms with Gasteiger partial charge in [0.15, 0.2) is 5.65 Å². The second-order valence-corrected chi connectivity index (χ2v) is 5.87. The number of amides is 1. The van der Waals surface area contributed by atoms with Crippen LogP contribution in [-0.4, -0.2) is 37.0 Å². The highest BCUT2D eigenvalue weighted by atomic mass is 19.4. The number of nitrogens with zero attached hydrogens (tertiary/aromatic N) is 4. The maximum absolute atomic E-state index is 12.7. The second-order valence-electron chi connectivity index (χ2n) is 5.87. The first-order valence-electron chi connectivity index (χ1n) is 8.05. The van der Waals surface area contributed by atoms with Gasteiger partial charge in [0.05, 0.1) is 11.0 Å². The maximum atomic E-state index is 12.7. The Morgan fingerprint density at radius 1 is 1.19 bits per heavy atom. The van der Waals surface area contributed by atoms with Crippen molar-refractivity contribution in [3.05, 3.63) is 59.8 Å². The third-order valence-electron chi connectivity index (χ3n) is 4.03. The van der Waals surface area contributed by atoms with Gasteiger partial charge in [-0.05, 0) is 30.3 Å². The Morgan fingerprint density at radius 3 is 2.85 bits per heavy atom. The Labute approximate surface area is 150 Å². The molecule has 0 saturated heterocycles. The number of hydrogen-bond donors (Lipinski definition) is 2. The summed E-state index contributed by atoms with van der Waals surface area (Å²) in [6.07, 6.45) is -2.28. The summed E-state index contributed by atoms with van der Waals surface area (Å²) < 4.78 is 40.0. The lowest BCUT2D eigenvalue weighted by Crippen LogP contribution is -2.26. The van der Waals surface area contributed by atoms with Gasteiger partial charge >= 0.3 is 6.18 Å². The van der Waals surface area contributed by atoms with Crippen LogP contribution < -0.4 is 5.32 Å². The third-order valence-corrected chi connectivity index (χ3v) is 4.03. The molecule has 1 aromatic carbocycles. The molecular weight excluding hydrogens is 361 g/mol. The minimum absolute atomic E-state index is 0.147. The number of H-pyrrole nitrogens is 1. The molecule has 0 aliphatic heterocycles. The SMILES string of the molecule is O=C(NCCc1nnc2ccccn12)c1ccc2nc(C(F)(F)F)[nH]c2c1. The molecule has 7 nitrogen and oxygen atoms in total. The largest absolute Gasteiger partial charge is 0.449 e. The van der Waals surface area contributed by atoms with Crippen molar-refractivity contribution in [1.82, 2.24) is 29.9 Å². The van der Waals surface area contributed by atoms with Crippen molar-refractivity contribution in [3.63, 3.8) is 0 Å². The predicted octanol–water partition coefficient (Wildman–Crippen LogP) is 2.60. The minimum Gasteiger partial charge on any atom is -0.352 e. The highest BCUT2D eigenvalue weighted by Crippen LogP contribution is 2.28. The Hall–Kier alpha value is -3.43. The molecule has 10 heteroatoms. The topological polar surface area (TPSA) is 88.0 Å². The van der Waals surface area contributed by atoms with Crippen molar-refractivity contribution in [2.24, 2.45) is 0 Å². The lowest BCUT2D eigenvalue weighted by atomic mass is 10.2. The van der Waals surface area contributed by atoms with Gasteiger partial charge in [-0.1, -0.05) is 6.07 Å². The molecule has 2 N–H and O–H groups in total. The van der Waals surface area contributed by atoms with Gasteiger partial charge in [0.1, 0.15) is 5.82 Å². The van der Waals surface area contributed by atoms with Crippen LogP contribution in [-0.2, 0) is 12.6 Å². The van der Waals surface area contributed by atoms with E-state index in [1.165, 1.54) is 18.2 Å². The lowest BCUT2D eigenvalue weighted by Gasteiger charge is -2.05. The van der Waals surface area contributed by atoms with Crippen LogP contribution in [0.4, 0.5) is 13.2 Å². The van der Waals surface area contributed by atoms with E-state index < -0.39 is 17.9 Å². The van der Waals surface area contributed by atoms with Crippen LogP contribution in [0.5, 0.6) is 0 Å². The number of halogens is 3. The second kappa shape index (κ2) is 6.38. The van der Waals surface area contributed by atoms with Crippen LogP contribution >= 0.6 is 0 Å². The van der Waals surface area contributed by atoms with Crippen molar-refractivity contribution < 1.29 is 18.0 Å². The molecule has 0 unspecified atom stereocenters. The van der Waals surface area contributed by atoms with E-state index in [-0.39, 0.29) is 16.6 Å². The van der Waals surface area contributed by atoms with Crippen LogP contribution in [0, 0.1) is 0 Å². The number of fused-ring (bicyclic) bond motifs is 2. The number of pyridine rings is 1. The molecular formula is C17H13F3N6O. The fourth-order valence-corrected chi connectivity index (χ4v) is 2.74. The van der Waals surface area contributed by atoms with Gasteiger partial charge in [0.25, 0.3) is 5.91 Å². The van der Waals surface area contributed by atoms with Gasteiger partial charge in [-0.3, -0.25) is 9.20 Å². The van der Waals surface area contributed by atoms with Gasteiger partial charge in [-0.2, -0.15) is 13.2 Å². The number of hydrogen-bond acceptors (Lipinski definition) is 4. The predicted molar refractivity (Wildman–Crippen MR) is 90.1 cm³/mol. The van der Waals surface area contributed by atoms with E-state index in [0.717, 1.165) is 0 Å². The van der Waals surface area contributed by atoms with Crippen LogP contribution in [0.3, 0.4) is 0 Å². The van der Waals surface area contributed by atoms with Crippen molar-refractivity contribution >= 4 is 22.6 Å². The number of nitrogens with one attached hydrogen (secondary N) is 2. The van der Waals surface area contributed by atoms with Gasteiger partial charge in [-0.25, -0.2) is 4.98 Å². The highest BCUT2D eigenvalue weighted by Gasteiger charge is 2.34. The minimum atomic E-state index is -4.57. The van der Waals surface area contributed by atoms with Crippen molar-refractivity contribution in [2.75, 3.05) is 6.54 Å². The van der Waals surface area contributed by atoms with Gasteiger partial charge in [-0.15, -0.1) is 10.2 Å². The van der Waals surface area contributed by atoms with Crippen molar-refractivity contribution in [1.29, 1.82) is 0 Å². The molecule has 1 amide bonds. The van der Waals surface area contributed by atoms with Crippen LogP contribution in [0.2, 0.25) is 0 Å². The zero-order valence-corrected chi connectivity index (χ0v) is 13.8. The Morgan fingerprint density at radius 2 is 2.04 bits per heavy atom. The summed E-state index contributed by atoms with van der Waals surface area (Å²) in [5, 5.41) is 10.8. The summed E-state index contributed by atoms with van der Waals surface area (Å²) in [7, 11) is 0. The molecule has 0 aliphatic carbocycles. The first-order chi connectivity index (χ1) is 12.9. The first kappa shape index (κ1) is 17.0. The molecule has 3 aromatic heterocycles.